The molecule has 3 rings (SSSR count). The van der Waals surface area contributed by atoms with Gasteiger partial charge < -0.3 is 4.42 Å². The van der Waals surface area contributed by atoms with Crippen LogP contribution >= 0.6 is 0 Å². The average molecular weight is 269 g/mol. The summed E-state index contributed by atoms with van der Waals surface area (Å²) < 4.78 is 18.5. The summed E-state index contributed by atoms with van der Waals surface area (Å²) >= 11 is 0. The number of halogens is 1. The minimum Gasteiger partial charge on any atom is -0.452 e. The molecule has 0 radical (unpaired) electrons. The molecule has 3 nitrogen and oxygen atoms in total. The predicted octanol–water partition coefficient (Wildman–Crippen LogP) is 3.81. The van der Waals surface area contributed by atoms with Crippen molar-refractivity contribution in [2.45, 2.75) is 13.8 Å². The van der Waals surface area contributed by atoms with Crippen molar-refractivity contribution in [3.05, 3.63) is 64.9 Å². The summed E-state index contributed by atoms with van der Waals surface area (Å²) in [5, 5.41) is 0.912. The molecule has 2 heterocycles. The van der Waals surface area contributed by atoms with Gasteiger partial charge >= 0.3 is 0 Å². The first kappa shape index (κ1) is 12.5. The molecule has 2 aromatic heterocycles. The molecule has 0 spiro atoms. The lowest BCUT2D eigenvalue weighted by molar-refractivity contribution is 0.101. The molecule has 0 aliphatic rings. The Bertz CT molecular complexity index is 803. The number of hydrogen-bond donors (Lipinski definition) is 0. The van der Waals surface area contributed by atoms with E-state index in [1.807, 2.05) is 32.0 Å². The Balaban J connectivity index is 2.12. The number of hydrogen-bond acceptors (Lipinski definition) is 3. The van der Waals surface area contributed by atoms with E-state index in [4.69, 9.17) is 4.42 Å². The number of aromatic nitrogens is 1. The fourth-order valence-corrected chi connectivity index (χ4v) is 2.18. The number of fused-ring (bicyclic) bond motifs is 1. The summed E-state index contributed by atoms with van der Waals surface area (Å²) in [6, 6.07) is 8.31. The van der Waals surface area contributed by atoms with Crippen LogP contribution < -0.4 is 0 Å². The lowest BCUT2D eigenvalue weighted by Crippen LogP contribution is -2.04. The fourth-order valence-electron chi connectivity index (χ4n) is 2.18. The molecule has 0 bridgehead atoms. The number of pyridine rings is 1. The van der Waals surface area contributed by atoms with Crippen molar-refractivity contribution in [2.75, 3.05) is 0 Å². The molecule has 0 fully saturated rings. The molecule has 0 amide bonds. The van der Waals surface area contributed by atoms with Crippen LogP contribution in [-0.2, 0) is 0 Å². The third-order valence-corrected chi connectivity index (χ3v) is 3.26. The van der Waals surface area contributed by atoms with Gasteiger partial charge in [-0.05, 0) is 38.1 Å². The van der Waals surface area contributed by atoms with Gasteiger partial charge in [-0.2, -0.15) is 0 Å². The van der Waals surface area contributed by atoms with Crippen LogP contribution in [0.5, 0.6) is 0 Å². The summed E-state index contributed by atoms with van der Waals surface area (Å²) in [5.41, 5.74) is 2.71. The smallest absolute Gasteiger partial charge is 0.246 e. The van der Waals surface area contributed by atoms with E-state index in [1.54, 1.807) is 0 Å². The lowest BCUT2D eigenvalue weighted by atomic mass is 10.1. The zero-order valence-electron chi connectivity index (χ0n) is 11.1. The number of aryl methyl sites for hydroxylation is 2. The molecule has 20 heavy (non-hydrogen) atoms. The number of nitrogens with zero attached hydrogens (tertiary/aromatic N) is 1. The zero-order valence-corrected chi connectivity index (χ0v) is 11.1. The second-order valence-corrected chi connectivity index (χ2v) is 4.75. The van der Waals surface area contributed by atoms with Crippen molar-refractivity contribution in [1.82, 2.24) is 4.98 Å². The minimum atomic E-state index is -0.474. The third kappa shape index (κ3) is 1.99. The zero-order chi connectivity index (χ0) is 14.3. The molecule has 100 valence electrons. The molecule has 0 unspecified atom stereocenters. The average Bonchev–Trinajstić information content (AvgIpc) is 2.76. The highest BCUT2D eigenvalue weighted by Crippen LogP contribution is 2.27. The SMILES string of the molecule is Cc1ccc2oc(C(=O)c3ccc(F)cn3)c(C)c2c1. The molecule has 0 atom stereocenters. The first-order valence-corrected chi connectivity index (χ1v) is 6.22. The summed E-state index contributed by atoms with van der Waals surface area (Å²) in [5.74, 6) is -0.556. The van der Waals surface area contributed by atoms with Gasteiger partial charge in [-0.3, -0.25) is 4.79 Å². The second kappa shape index (κ2) is 4.56. The van der Waals surface area contributed by atoms with Crippen LogP contribution in [0.2, 0.25) is 0 Å². The molecule has 3 aromatic rings. The van der Waals surface area contributed by atoms with Gasteiger partial charge in [0.2, 0.25) is 5.78 Å². The normalized spacial score (nSPS) is 10.9. The first-order valence-electron chi connectivity index (χ1n) is 6.22. The van der Waals surface area contributed by atoms with Gasteiger partial charge in [0.05, 0.1) is 6.20 Å². The molecule has 4 heteroatoms. The number of benzene rings is 1. The van der Waals surface area contributed by atoms with Gasteiger partial charge in [-0.25, -0.2) is 9.37 Å². The number of ketones is 1. The van der Waals surface area contributed by atoms with Crippen LogP contribution in [-0.4, -0.2) is 10.8 Å². The highest BCUT2D eigenvalue weighted by atomic mass is 19.1. The lowest BCUT2D eigenvalue weighted by Gasteiger charge is -1.97. The van der Waals surface area contributed by atoms with Crippen molar-refractivity contribution < 1.29 is 13.6 Å². The molecule has 0 aliphatic carbocycles. The van der Waals surface area contributed by atoms with Crippen LogP contribution in [0.25, 0.3) is 11.0 Å². The molecule has 0 saturated carbocycles. The summed E-state index contributed by atoms with van der Waals surface area (Å²) in [4.78, 5) is 16.2. The second-order valence-electron chi connectivity index (χ2n) is 4.75. The Kier molecular flexibility index (Phi) is 2.86. The Morgan fingerprint density at radius 1 is 1.20 bits per heavy atom. The van der Waals surface area contributed by atoms with E-state index in [2.05, 4.69) is 4.98 Å². The molecule has 0 saturated heterocycles. The van der Waals surface area contributed by atoms with E-state index in [0.29, 0.717) is 5.58 Å². The molecule has 0 N–H and O–H groups in total. The maximum Gasteiger partial charge on any atom is 0.246 e. The van der Waals surface area contributed by atoms with E-state index in [0.717, 1.165) is 22.7 Å². The summed E-state index contributed by atoms with van der Waals surface area (Å²) in [7, 11) is 0. The molecular formula is C16H12FNO2. The van der Waals surface area contributed by atoms with E-state index >= 15 is 0 Å². The van der Waals surface area contributed by atoms with E-state index < -0.39 is 5.82 Å². The first-order chi connectivity index (χ1) is 9.56. The van der Waals surface area contributed by atoms with Crippen LogP contribution in [0.1, 0.15) is 27.4 Å². The Morgan fingerprint density at radius 3 is 2.70 bits per heavy atom. The number of carbonyl (C=O) groups is 1. The van der Waals surface area contributed by atoms with Gasteiger partial charge in [0.15, 0.2) is 5.76 Å². The van der Waals surface area contributed by atoms with Gasteiger partial charge in [-0.1, -0.05) is 11.6 Å². The highest BCUT2D eigenvalue weighted by molar-refractivity contribution is 6.09. The minimum absolute atomic E-state index is 0.172. The third-order valence-electron chi connectivity index (χ3n) is 3.26. The van der Waals surface area contributed by atoms with Gasteiger partial charge in [0.1, 0.15) is 17.1 Å². The van der Waals surface area contributed by atoms with E-state index in [9.17, 15) is 9.18 Å². The van der Waals surface area contributed by atoms with Crippen LogP contribution in [0.4, 0.5) is 4.39 Å². The van der Waals surface area contributed by atoms with Crippen molar-refractivity contribution in [3.8, 4) is 0 Å². The van der Waals surface area contributed by atoms with Crippen molar-refractivity contribution in [1.29, 1.82) is 0 Å². The van der Waals surface area contributed by atoms with Crippen LogP contribution in [0.15, 0.2) is 40.9 Å². The van der Waals surface area contributed by atoms with Gasteiger partial charge in [-0.15, -0.1) is 0 Å². The molecule has 0 aliphatic heterocycles. The summed E-state index contributed by atoms with van der Waals surface area (Å²) in [6.45, 7) is 3.82. The summed E-state index contributed by atoms with van der Waals surface area (Å²) in [6.07, 6.45) is 1.02. The van der Waals surface area contributed by atoms with E-state index in [1.165, 1.54) is 12.1 Å². The monoisotopic (exact) mass is 269 g/mol. The largest absolute Gasteiger partial charge is 0.452 e. The van der Waals surface area contributed by atoms with Crippen molar-refractivity contribution >= 4 is 16.8 Å². The Morgan fingerprint density at radius 2 is 2.00 bits per heavy atom. The number of furan rings is 1. The number of carbonyl (C=O) groups excluding carboxylic acids is 1. The van der Waals surface area contributed by atoms with Crippen LogP contribution in [0, 0.1) is 19.7 Å². The Hall–Kier alpha value is -2.49. The maximum absolute atomic E-state index is 12.8. The quantitative estimate of drug-likeness (QED) is 0.664. The van der Waals surface area contributed by atoms with Gasteiger partial charge in [0.25, 0.3) is 0 Å². The van der Waals surface area contributed by atoms with Gasteiger partial charge in [0, 0.05) is 10.9 Å². The standard InChI is InChI=1S/C16H12FNO2/c1-9-3-6-14-12(7-9)10(2)16(20-14)15(19)13-5-4-11(17)8-18-13/h3-8H,1-2H3. The van der Waals surface area contributed by atoms with E-state index in [-0.39, 0.29) is 17.2 Å². The van der Waals surface area contributed by atoms with Crippen molar-refractivity contribution in [2.24, 2.45) is 0 Å². The predicted molar refractivity (Wildman–Crippen MR) is 73.3 cm³/mol. The fraction of sp³-hybridized carbons (Fsp3) is 0.125. The molecule has 1 aromatic carbocycles. The maximum atomic E-state index is 12.8. The van der Waals surface area contributed by atoms with Crippen molar-refractivity contribution in [3.63, 3.8) is 0 Å². The topological polar surface area (TPSA) is 43.1 Å². The van der Waals surface area contributed by atoms with Crippen LogP contribution in [0.3, 0.4) is 0 Å². The Labute approximate surface area is 115 Å². The highest BCUT2D eigenvalue weighted by Gasteiger charge is 2.20. The molecular weight excluding hydrogens is 257 g/mol. The number of rotatable bonds is 2.